The summed E-state index contributed by atoms with van der Waals surface area (Å²) in [6.45, 7) is 6.00. The van der Waals surface area contributed by atoms with Crippen molar-refractivity contribution in [1.82, 2.24) is 4.72 Å². The van der Waals surface area contributed by atoms with Crippen LogP contribution in [0.4, 0.5) is 0 Å². The van der Waals surface area contributed by atoms with Gasteiger partial charge in [0.1, 0.15) is 0 Å². The Hall–Kier alpha value is -0.380. The van der Waals surface area contributed by atoms with Gasteiger partial charge in [0.05, 0.1) is 15.7 Å². The topological polar surface area (TPSA) is 29.1 Å². The van der Waals surface area contributed by atoms with Crippen LogP contribution in [0.25, 0.3) is 0 Å². The Morgan fingerprint density at radius 1 is 1.10 bits per heavy atom. The molecule has 120 valence electrons. The minimum absolute atomic E-state index is 0.155. The summed E-state index contributed by atoms with van der Waals surface area (Å²) in [5.41, 5.74) is 1.22. The Morgan fingerprint density at radius 2 is 1.71 bits per heavy atom. The van der Waals surface area contributed by atoms with Gasteiger partial charge in [-0.2, -0.15) is 0 Å². The summed E-state index contributed by atoms with van der Waals surface area (Å²) in [5.74, 6) is 0.744. The Bertz CT molecular complexity index is 417. The third-order valence-corrected chi connectivity index (χ3v) is 5.26. The number of hydrogen-bond acceptors (Lipinski definition) is 1. The molecule has 0 aromatic heterocycles. The lowest BCUT2D eigenvalue weighted by atomic mass is 10.0. The molecule has 2 atom stereocenters. The summed E-state index contributed by atoms with van der Waals surface area (Å²) in [6, 6.07) is 10.5. The highest BCUT2D eigenvalue weighted by molar-refractivity contribution is 7.84. The molecule has 0 heterocycles. The Morgan fingerprint density at radius 3 is 2.29 bits per heavy atom. The van der Waals surface area contributed by atoms with Crippen LogP contribution in [0.1, 0.15) is 64.5 Å². The van der Waals surface area contributed by atoms with E-state index in [1.807, 2.05) is 39.0 Å². The molecule has 0 aliphatic rings. The number of alkyl halides is 1. The van der Waals surface area contributed by atoms with E-state index in [-0.39, 0.29) is 10.8 Å². The molecule has 0 bridgehead atoms. The zero-order valence-electron chi connectivity index (χ0n) is 13.4. The van der Waals surface area contributed by atoms with Crippen molar-refractivity contribution in [3.05, 3.63) is 35.9 Å². The van der Waals surface area contributed by atoms with Gasteiger partial charge >= 0.3 is 0 Å². The molecular weight excluding hydrogens is 302 g/mol. The monoisotopic (exact) mass is 329 g/mol. The van der Waals surface area contributed by atoms with Crippen molar-refractivity contribution in [2.75, 3.05) is 5.88 Å². The maximum absolute atomic E-state index is 12.4. The van der Waals surface area contributed by atoms with Crippen molar-refractivity contribution in [1.29, 1.82) is 0 Å². The predicted octanol–water partition coefficient (Wildman–Crippen LogP) is 4.97. The van der Waals surface area contributed by atoms with Gasteiger partial charge in [0, 0.05) is 11.9 Å². The SMILES string of the molecule is CC(C)(C)[S@](=O)N[C@H](CCCCCCCl)c1ccccc1. The van der Waals surface area contributed by atoms with E-state index in [0.717, 1.165) is 25.1 Å². The molecular formula is C17H28ClNOS. The lowest BCUT2D eigenvalue weighted by molar-refractivity contribution is 0.529. The highest BCUT2D eigenvalue weighted by atomic mass is 35.5. The number of hydrogen-bond donors (Lipinski definition) is 1. The molecule has 0 fully saturated rings. The highest BCUT2D eigenvalue weighted by Gasteiger charge is 2.23. The first-order chi connectivity index (χ1) is 9.95. The second-order valence-corrected chi connectivity index (χ2v) is 8.73. The Labute approximate surface area is 137 Å². The van der Waals surface area contributed by atoms with E-state index < -0.39 is 11.0 Å². The maximum atomic E-state index is 12.4. The molecule has 0 radical (unpaired) electrons. The predicted molar refractivity (Wildman–Crippen MR) is 94.0 cm³/mol. The first-order valence-corrected chi connectivity index (χ1v) is 9.42. The molecule has 0 aliphatic heterocycles. The van der Waals surface area contributed by atoms with E-state index in [1.165, 1.54) is 18.4 Å². The summed E-state index contributed by atoms with van der Waals surface area (Å²) in [7, 11) is -1.05. The molecule has 1 rings (SSSR count). The zero-order chi connectivity index (χ0) is 15.7. The van der Waals surface area contributed by atoms with Crippen LogP contribution < -0.4 is 4.72 Å². The van der Waals surface area contributed by atoms with E-state index in [1.54, 1.807) is 0 Å². The van der Waals surface area contributed by atoms with Gasteiger partial charge in [0.15, 0.2) is 0 Å². The van der Waals surface area contributed by atoms with Gasteiger partial charge in [-0.3, -0.25) is 0 Å². The van der Waals surface area contributed by atoms with Gasteiger partial charge in [-0.05, 0) is 39.2 Å². The summed E-state index contributed by atoms with van der Waals surface area (Å²) in [5, 5.41) is 0. The number of unbranched alkanes of at least 4 members (excludes halogenated alkanes) is 3. The Balaban J connectivity index is 2.61. The lowest BCUT2D eigenvalue weighted by Crippen LogP contribution is -2.35. The highest BCUT2D eigenvalue weighted by Crippen LogP contribution is 2.23. The first-order valence-electron chi connectivity index (χ1n) is 7.74. The summed E-state index contributed by atoms with van der Waals surface area (Å²) >= 11 is 5.71. The molecule has 0 unspecified atom stereocenters. The number of rotatable bonds is 9. The normalized spacial score (nSPS) is 14.9. The molecule has 21 heavy (non-hydrogen) atoms. The fourth-order valence-electron chi connectivity index (χ4n) is 2.08. The van der Waals surface area contributed by atoms with Gasteiger partial charge in [0.25, 0.3) is 0 Å². The Kier molecular flexibility index (Phi) is 8.53. The van der Waals surface area contributed by atoms with Crippen LogP contribution in [0, 0.1) is 0 Å². The van der Waals surface area contributed by atoms with Crippen molar-refractivity contribution in [2.45, 2.75) is 63.7 Å². The summed E-state index contributed by atoms with van der Waals surface area (Å²) in [4.78, 5) is 0. The third kappa shape index (κ3) is 7.44. The quantitative estimate of drug-likeness (QED) is 0.503. The smallest absolute Gasteiger partial charge is 0.0975 e. The molecule has 1 N–H and O–H groups in total. The fourth-order valence-corrected chi connectivity index (χ4v) is 3.14. The second kappa shape index (κ2) is 9.60. The van der Waals surface area contributed by atoms with Crippen LogP contribution in [0.3, 0.4) is 0 Å². The van der Waals surface area contributed by atoms with Crippen molar-refractivity contribution in [2.24, 2.45) is 0 Å². The van der Waals surface area contributed by atoms with Crippen molar-refractivity contribution >= 4 is 22.6 Å². The number of halogens is 1. The average molecular weight is 330 g/mol. The van der Waals surface area contributed by atoms with Crippen LogP contribution in [-0.2, 0) is 11.0 Å². The van der Waals surface area contributed by atoms with Gasteiger partial charge in [-0.1, -0.05) is 49.6 Å². The molecule has 0 aliphatic carbocycles. The minimum atomic E-state index is -1.05. The van der Waals surface area contributed by atoms with Gasteiger partial charge in [-0.25, -0.2) is 8.93 Å². The van der Waals surface area contributed by atoms with E-state index in [9.17, 15) is 4.21 Å². The van der Waals surface area contributed by atoms with Crippen molar-refractivity contribution in [3.8, 4) is 0 Å². The van der Waals surface area contributed by atoms with Gasteiger partial charge in [0.2, 0.25) is 0 Å². The van der Waals surface area contributed by atoms with Crippen LogP contribution in [0.15, 0.2) is 30.3 Å². The lowest BCUT2D eigenvalue weighted by Gasteiger charge is -2.24. The molecule has 1 aromatic carbocycles. The van der Waals surface area contributed by atoms with Crippen LogP contribution in [0.2, 0.25) is 0 Å². The van der Waals surface area contributed by atoms with Gasteiger partial charge in [-0.15, -0.1) is 11.6 Å². The van der Waals surface area contributed by atoms with E-state index in [4.69, 9.17) is 11.6 Å². The summed E-state index contributed by atoms with van der Waals surface area (Å²) < 4.78 is 15.4. The second-order valence-electron chi connectivity index (χ2n) is 6.35. The molecule has 4 heteroatoms. The van der Waals surface area contributed by atoms with E-state index in [2.05, 4.69) is 16.9 Å². The molecule has 0 spiro atoms. The van der Waals surface area contributed by atoms with Crippen LogP contribution in [0.5, 0.6) is 0 Å². The van der Waals surface area contributed by atoms with E-state index >= 15 is 0 Å². The molecule has 0 amide bonds. The third-order valence-electron chi connectivity index (χ3n) is 3.38. The first kappa shape index (κ1) is 18.7. The number of benzene rings is 1. The zero-order valence-corrected chi connectivity index (χ0v) is 15.0. The molecule has 1 aromatic rings. The fraction of sp³-hybridized carbons (Fsp3) is 0.647. The minimum Gasteiger partial charge on any atom is -0.242 e. The van der Waals surface area contributed by atoms with E-state index in [0.29, 0.717) is 0 Å². The van der Waals surface area contributed by atoms with Crippen molar-refractivity contribution < 1.29 is 4.21 Å². The average Bonchev–Trinajstić information content (AvgIpc) is 2.45. The van der Waals surface area contributed by atoms with Crippen molar-refractivity contribution in [3.63, 3.8) is 0 Å². The summed E-state index contributed by atoms with van der Waals surface area (Å²) in [6.07, 6.45) is 5.57. The number of nitrogens with one attached hydrogen (secondary N) is 1. The van der Waals surface area contributed by atoms with Crippen LogP contribution >= 0.6 is 11.6 Å². The molecule has 2 nitrogen and oxygen atoms in total. The van der Waals surface area contributed by atoms with Crippen LogP contribution in [-0.4, -0.2) is 14.8 Å². The molecule has 0 saturated carbocycles. The largest absolute Gasteiger partial charge is 0.242 e. The maximum Gasteiger partial charge on any atom is 0.0975 e. The standard InChI is InChI=1S/C17H28ClNOS/c1-17(2,3)21(20)19-16(13-9-4-5-10-14-18)15-11-7-6-8-12-15/h6-8,11-12,16,19H,4-5,9-10,13-14H2,1-3H3/t16-,21+/m1/s1. The molecule has 0 saturated heterocycles. The van der Waals surface area contributed by atoms with Gasteiger partial charge < -0.3 is 0 Å².